The molecule has 1 rings (SSSR count). The number of ether oxygens (including phenoxy) is 1. The van der Waals surface area contributed by atoms with Crippen LogP contribution in [-0.4, -0.2) is 22.5 Å². The lowest BCUT2D eigenvalue weighted by molar-refractivity contribution is 0.0379. The minimum absolute atomic E-state index is 0.224. The van der Waals surface area contributed by atoms with Crippen molar-refractivity contribution >= 4 is 34.1 Å². The number of esters is 1. The van der Waals surface area contributed by atoms with Gasteiger partial charge in [-0.1, -0.05) is 11.6 Å². The van der Waals surface area contributed by atoms with Gasteiger partial charge in [-0.2, -0.15) is 0 Å². The number of rotatable bonds is 4. The van der Waals surface area contributed by atoms with Crippen molar-refractivity contribution in [1.29, 1.82) is 0 Å². The highest BCUT2D eigenvalue weighted by Gasteiger charge is 2.16. The number of hydrogen-bond acceptors (Lipinski definition) is 4. The van der Waals surface area contributed by atoms with E-state index in [9.17, 15) is 9.00 Å². The van der Waals surface area contributed by atoms with Crippen LogP contribution < -0.4 is 5.73 Å². The van der Waals surface area contributed by atoms with Crippen molar-refractivity contribution in [3.63, 3.8) is 0 Å². The second kappa shape index (κ2) is 6.20. The number of nitrogens with two attached hydrogens (primary N) is 1. The smallest absolute Gasteiger partial charge is 0.340 e. The minimum Gasteiger partial charge on any atom is -0.459 e. The summed E-state index contributed by atoms with van der Waals surface area (Å²) in [5.74, 6) is -0.198. The number of nitrogen functional groups attached to an aromatic ring is 1. The summed E-state index contributed by atoms with van der Waals surface area (Å²) < 4.78 is 16.2. The number of benzene rings is 1. The number of carbonyl (C=O) groups excluding carboxylic acids is 1. The molecule has 0 saturated heterocycles. The van der Waals surface area contributed by atoms with Crippen LogP contribution in [0.1, 0.15) is 29.8 Å². The summed E-state index contributed by atoms with van der Waals surface area (Å²) in [6, 6.07) is 3.03. The first-order chi connectivity index (χ1) is 8.31. The maximum absolute atomic E-state index is 11.7. The van der Waals surface area contributed by atoms with Gasteiger partial charge in [0.1, 0.15) is 0 Å². The highest BCUT2D eigenvalue weighted by Crippen LogP contribution is 2.25. The van der Waals surface area contributed by atoms with Crippen molar-refractivity contribution in [3.8, 4) is 0 Å². The lowest BCUT2D eigenvalue weighted by Gasteiger charge is -2.12. The van der Waals surface area contributed by atoms with Gasteiger partial charge in [0, 0.05) is 33.5 Å². The van der Waals surface area contributed by atoms with Crippen molar-refractivity contribution in [3.05, 3.63) is 28.3 Å². The lowest BCUT2D eigenvalue weighted by Crippen LogP contribution is -2.14. The van der Waals surface area contributed by atoms with E-state index in [2.05, 4.69) is 0 Å². The van der Waals surface area contributed by atoms with E-state index in [1.54, 1.807) is 26.2 Å². The van der Waals surface area contributed by atoms with Crippen LogP contribution in [-0.2, 0) is 21.3 Å². The summed E-state index contributed by atoms with van der Waals surface area (Å²) in [5, 5.41) is 0.370. The first-order valence-electron chi connectivity index (χ1n) is 5.40. The molecule has 0 aliphatic heterocycles. The Morgan fingerprint density at radius 3 is 2.61 bits per heavy atom. The molecular weight excluding hydrogens is 274 g/mol. The minimum atomic E-state index is -1.02. The van der Waals surface area contributed by atoms with Crippen molar-refractivity contribution < 1.29 is 13.7 Å². The van der Waals surface area contributed by atoms with Gasteiger partial charge in [0.05, 0.1) is 11.7 Å². The Hall–Kier alpha value is -1.07. The summed E-state index contributed by atoms with van der Waals surface area (Å²) in [6.07, 6.45) is 1.35. The summed E-state index contributed by atoms with van der Waals surface area (Å²) >= 11 is 6.03. The lowest BCUT2D eigenvalue weighted by atomic mass is 10.1. The molecule has 6 heteroatoms. The topological polar surface area (TPSA) is 69.4 Å². The molecule has 0 aromatic heterocycles. The molecule has 100 valence electrons. The summed E-state index contributed by atoms with van der Waals surface area (Å²) in [6.45, 7) is 3.51. The predicted octanol–water partition coefficient (Wildman–Crippen LogP) is 2.37. The molecule has 1 unspecified atom stereocenters. The van der Waals surface area contributed by atoms with Gasteiger partial charge < -0.3 is 10.5 Å². The standard InChI is InChI=1S/C12H16ClNO3S/c1-7(2)17-12(15)9-5-10(13)8(4-11(9)14)6-18(3)16/h4-5,7H,6,14H2,1-3H3. The number of halogens is 1. The van der Waals surface area contributed by atoms with Crippen LogP contribution in [0.25, 0.3) is 0 Å². The Balaban J connectivity index is 3.06. The zero-order valence-electron chi connectivity index (χ0n) is 10.5. The Kier molecular flexibility index (Phi) is 5.16. The maximum atomic E-state index is 11.7. The number of carbonyl (C=O) groups is 1. The summed E-state index contributed by atoms with van der Waals surface area (Å²) in [7, 11) is -1.02. The van der Waals surface area contributed by atoms with Crippen molar-refractivity contribution in [2.24, 2.45) is 0 Å². The van der Waals surface area contributed by atoms with Crippen LogP contribution in [0.3, 0.4) is 0 Å². The summed E-state index contributed by atoms with van der Waals surface area (Å²) in [4.78, 5) is 11.7. The average molecular weight is 290 g/mol. The molecule has 4 nitrogen and oxygen atoms in total. The monoisotopic (exact) mass is 289 g/mol. The second-order valence-electron chi connectivity index (χ2n) is 4.20. The molecular formula is C12H16ClNO3S. The molecule has 0 aliphatic carbocycles. The highest BCUT2D eigenvalue weighted by molar-refractivity contribution is 7.83. The van der Waals surface area contributed by atoms with Crippen LogP contribution in [0, 0.1) is 0 Å². The Morgan fingerprint density at radius 1 is 1.50 bits per heavy atom. The van der Waals surface area contributed by atoms with E-state index >= 15 is 0 Å². The average Bonchev–Trinajstić information content (AvgIpc) is 2.21. The molecule has 0 amide bonds. The third-order valence-corrected chi connectivity index (χ3v) is 3.21. The Bertz CT molecular complexity index is 488. The maximum Gasteiger partial charge on any atom is 0.340 e. The molecule has 0 radical (unpaired) electrons. The van der Waals surface area contributed by atoms with E-state index in [1.807, 2.05) is 0 Å². The van der Waals surface area contributed by atoms with Crippen molar-refractivity contribution in [2.45, 2.75) is 25.7 Å². The second-order valence-corrected chi connectivity index (χ2v) is 6.04. The van der Waals surface area contributed by atoms with E-state index in [-0.39, 0.29) is 17.4 Å². The van der Waals surface area contributed by atoms with Gasteiger partial charge in [0.15, 0.2) is 0 Å². The zero-order chi connectivity index (χ0) is 13.9. The van der Waals surface area contributed by atoms with Crippen LogP contribution in [0.15, 0.2) is 12.1 Å². The van der Waals surface area contributed by atoms with Gasteiger partial charge in [-0.3, -0.25) is 4.21 Å². The highest BCUT2D eigenvalue weighted by atomic mass is 35.5. The first kappa shape index (κ1) is 15.0. The largest absolute Gasteiger partial charge is 0.459 e. The van der Waals surface area contributed by atoms with E-state index in [0.717, 1.165) is 0 Å². The Morgan fingerprint density at radius 2 is 2.11 bits per heavy atom. The first-order valence-corrected chi connectivity index (χ1v) is 7.50. The molecule has 1 aromatic rings. The molecule has 0 saturated carbocycles. The van der Waals surface area contributed by atoms with E-state index < -0.39 is 16.8 Å². The molecule has 1 atom stereocenters. The SMILES string of the molecule is CC(C)OC(=O)c1cc(Cl)c(CS(C)=O)cc1N. The van der Waals surface area contributed by atoms with Gasteiger partial charge >= 0.3 is 5.97 Å². The quantitative estimate of drug-likeness (QED) is 0.682. The van der Waals surface area contributed by atoms with Crippen LogP contribution >= 0.6 is 11.6 Å². The molecule has 1 aromatic carbocycles. The van der Waals surface area contributed by atoms with E-state index in [1.165, 1.54) is 6.07 Å². The Labute approximate surface area is 114 Å². The number of hydrogen-bond donors (Lipinski definition) is 1. The van der Waals surface area contributed by atoms with Gasteiger partial charge in [-0.25, -0.2) is 4.79 Å². The molecule has 0 bridgehead atoms. The fourth-order valence-corrected chi connectivity index (χ4v) is 2.41. The van der Waals surface area contributed by atoms with Gasteiger partial charge in [-0.15, -0.1) is 0 Å². The van der Waals surface area contributed by atoms with Gasteiger partial charge in [0.2, 0.25) is 0 Å². The predicted molar refractivity (Wildman–Crippen MR) is 74.2 cm³/mol. The number of anilines is 1. The third kappa shape index (κ3) is 3.99. The van der Waals surface area contributed by atoms with E-state index in [4.69, 9.17) is 22.1 Å². The van der Waals surface area contributed by atoms with Crippen LogP contribution in [0.2, 0.25) is 5.02 Å². The van der Waals surface area contributed by atoms with E-state index in [0.29, 0.717) is 16.3 Å². The van der Waals surface area contributed by atoms with Crippen molar-refractivity contribution in [1.82, 2.24) is 0 Å². The van der Waals surface area contributed by atoms with Gasteiger partial charge in [0.25, 0.3) is 0 Å². The van der Waals surface area contributed by atoms with Crippen LogP contribution in [0.5, 0.6) is 0 Å². The molecule has 2 N–H and O–H groups in total. The molecule has 18 heavy (non-hydrogen) atoms. The summed E-state index contributed by atoms with van der Waals surface area (Å²) in [5.41, 5.74) is 6.97. The molecule has 0 spiro atoms. The normalized spacial score (nSPS) is 12.5. The fraction of sp³-hybridized carbons (Fsp3) is 0.417. The molecule has 0 aliphatic rings. The van der Waals surface area contributed by atoms with Crippen molar-refractivity contribution in [2.75, 3.05) is 12.0 Å². The molecule has 0 heterocycles. The third-order valence-electron chi connectivity index (χ3n) is 2.14. The molecule has 0 fully saturated rings. The zero-order valence-corrected chi connectivity index (χ0v) is 12.1. The fourth-order valence-electron chi connectivity index (χ4n) is 1.42. The van der Waals surface area contributed by atoms with Crippen LogP contribution in [0.4, 0.5) is 5.69 Å². The van der Waals surface area contributed by atoms with Gasteiger partial charge in [-0.05, 0) is 31.5 Å².